The van der Waals surface area contributed by atoms with Gasteiger partial charge < -0.3 is 10.1 Å². The molecule has 1 rings (SSSR count). The molecule has 1 heterocycles. The van der Waals surface area contributed by atoms with Crippen LogP contribution in [0.25, 0.3) is 0 Å². The number of hydrogen-bond acceptors (Lipinski definition) is 4. The number of nitrogens with zero attached hydrogens (tertiary/aromatic N) is 2. The van der Waals surface area contributed by atoms with Gasteiger partial charge in [-0.25, -0.2) is 0 Å². The smallest absolute Gasteiger partial charge is 0.233 e. The summed E-state index contributed by atoms with van der Waals surface area (Å²) in [4.78, 5) is 0. The van der Waals surface area contributed by atoms with Gasteiger partial charge in [0.25, 0.3) is 0 Å². The first-order chi connectivity index (χ1) is 7.81. The molecule has 0 aliphatic carbocycles. The predicted octanol–water partition coefficient (Wildman–Crippen LogP) is 1.55. The van der Waals surface area contributed by atoms with Gasteiger partial charge in [0.15, 0.2) is 0 Å². The van der Waals surface area contributed by atoms with Crippen LogP contribution in [0.15, 0.2) is 12.1 Å². The molecule has 1 atom stereocenters. The molecule has 86 valence electrons. The number of ether oxygens (including phenoxy) is 1. The molecule has 1 N–H and O–H groups in total. The average Bonchev–Trinajstić information content (AvgIpc) is 2.35. The fraction of sp³-hybridized carbons (Fsp3) is 0.500. The van der Waals surface area contributed by atoms with Crippen LogP contribution in [0, 0.1) is 12.3 Å². The number of methoxy groups -OCH3 is 1. The highest BCUT2D eigenvalue weighted by Gasteiger charge is 2.11. The van der Waals surface area contributed by atoms with Crippen LogP contribution in [0.5, 0.6) is 5.88 Å². The normalized spacial score (nSPS) is 11.8. The number of hydrogen-bond donors (Lipinski definition) is 1. The molecule has 4 heteroatoms. The van der Waals surface area contributed by atoms with Crippen molar-refractivity contribution in [3.8, 4) is 18.2 Å². The van der Waals surface area contributed by atoms with E-state index in [0.717, 1.165) is 25.1 Å². The maximum absolute atomic E-state index is 5.26. The second kappa shape index (κ2) is 6.81. The van der Waals surface area contributed by atoms with Crippen molar-refractivity contribution in [3.05, 3.63) is 17.8 Å². The number of rotatable bonds is 6. The van der Waals surface area contributed by atoms with Crippen molar-refractivity contribution in [3.63, 3.8) is 0 Å². The van der Waals surface area contributed by atoms with Crippen molar-refractivity contribution in [2.75, 3.05) is 13.7 Å². The van der Waals surface area contributed by atoms with Crippen LogP contribution in [0.3, 0.4) is 0 Å². The van der Waals surface area contributed by atoms with E-state index in [1.54, 1.807) is 7.11 Å². The van der Waals surface area contributed by atoms with Crippen molar-refractivity contribution >= 4 is 0 Å². The molecule has 0 saturated carbocycles. The van der Waals surface area contributed by atoms with Crippen LogP contribution in [-0.2, 0) is 0 Å². The van der Waals surface area contributed by atoms with Crippen LogP contribution in [0.2, 0.25) is 0 Å². The van der Waals surface area contributed by atoms with Crippen molar-refractivity contribution in [2.45, 2.75) is 25.8 Å². The van der Waals surface area contributed by atoms with E-state index < -0.39 is 0 Å². The van der Waals surface area contributed by atoms with Crippen molar-refractivity contribution in [1.82, 2.24) is 15.5 Å². The summed E-state index contributed by atoms with van der Waals surface area (Å²) in [5.74, 6) is 3.16. The van der Waals surface area contributed by atoms with Gasteiger partial charge in [0, 0.05) is 12.5 Å². The first kappa shape index (κ1) is 12.5. The summed E-state index contributed by atoms with van der Waals surface area (Å²) in [6.45, 7) is 2.93. The average molecular weight is 219 g/mol. The lowest BCUT2D eigenvalue weighted by molar-refractivity contribution is 0.388. The highest BCUT2D eigenvalue weighted by molar-refractivity contribution is 5.14. The fourth-order valence-corrected chi connectivity index (χ4v) is 1.45. The summed E-state index contributed by atoms with van der Waals surface area (Å²) in [6.07, 6.45) is 6.86. The zero-order valence-electron chi connectivity index (χ0n) is 9.73. The lowest BCUT2D eigenvalue weighted by Crippen LogP contribution is -2.22. The van der Waals surface area contributed by atoms with Gasteiger partial charge in [0.1, 0.15) is 0 Å². The minimum absolute atomic E-state index is 0.166. The largest absolute Gasteiger partial charge is 0.480 e. The molecule has 0 amide bonds. The van der Waals surface area contributed by atoms with Gasteiger partial charge in [0.05, 0.1) is 18.8 Å². The van der Waals surface area contributed by atoms with Gasteiger partial charge in [-0.3, -0.25) is 0 Å². The van der Waals surface area contributed by atoms with Gasteiger partial charge in [-0.2, -0.15) is 5.10 Å². The highest BCUT2D eigenvalue weighted by Crippen LogP contribution is 2.16. The minimum Gasteiger partial charge on any atom is -0.480 e. The molecular weight excluding hydrogens is 202 g/mol. The van der Waals surface area contributed by atoms with Crippen molar-refractivity contribution in [1.29, 1.82) is 0 Å². The van der Waals surface area contributed by atoms with E-state index in [2.05, 4.69) is 28.4 Å². The zero-order valence-corrected chi connectivity index (χ0v) is 9.73. The van der Waals surface area contributed by atoms with Gasteiger partial charge in [-0.05, 0) is 19.0 Å². The fourth-order valence-electron chi connectivity index (χ4n) is 1.45. The lowest BCUT2D eigenvalue weighted by atomic mass is 10.1. The molecule has 0 aromatic carbocycles. The van der Waals surface area contributed by atoms with Gasteiger partial charge in [0.2, 0.25) is 5.88 Å². The molecule has 0 aliphatic rings. The molecule has 0 saturated heterocycles. The number of terminal acetylenes is 1. The van der Waals surface area contributed by atoms with E-state index in [-0.39, 0.29) is 6.04 Å². The molecule has 1 aromatic rings. The number of aromatic nitrogens is 2. The Kier molecular flexibility index (Phi) is 5.30. The van der Waals surface area contributed by atoms with E-state index in [0.29, 0.717) is 5.88 Å². The van der Waals surface area contributed by atoms with Crippen LogP contribution in [0.1, 0.15) is 31.5 Å². The molecule has 4 nitrogen and oxygen atoms in total. The third-order valence-corrected chi connectivity index (χ3v) is 2.25. The second-order valence-electron chi connectivity index (χ2n) is 3.35. The van der Waals surface area contributed by atoms with Crippen LogP contribution in [-0.4, -0.2) is 23.9 Å². The Morgan fingerprint density at radius 2 is 2.31 bits per heavy atom. The summed E-state index contributed by atoms with van der Waals surface area (Å²) in [7, 11) is 1.57. The van der Waals surface area contributed by atoms with Crippen molar-refractivity contribution in [2.24, 2.45) is 0 Å². The molecular formula is C12H17N3O. The van der Waals surface area contributed by atoms with Crippen LogP contribution >= 0.6 is 0 Å². The quantitative estimate of drug-likeness (QED) is 0.737. The van der Waals surface area contributed by atoms with Gasteiger partial charge in [-0.15, -0.1) is 17.4 Å². The maximum Gasteiger partial charge on any atom is 0.233 e. The molecule has 0 radical (unpaired) electrons. The maximum atomic E-state index is 5.26. The Morgan fingerprint density at radius 3 is 2.81 bits per heavy atom. The molecule has 1 unspecified atom stereocenters. The monoisotopic (exact) mass is 219 g/mol. The molecule has 0 aliphatic heterocycles. The topological polar surface area (TPSA) is 47.0 Å². The van der Waals surface area contributed by atoms with E-state index in [1.165, 1.54) is 0 Å². The van der Waals surface area contributed by atoms with E-state index in [1.807, 2.05) is 12.1 Å². The van der Waals surface area contributed by atoms with Gasteiger partial charge in [-0.1, -0.05) is 6.92 Å². The molecule has 0 fully saturated rings. The van der Waals surface area contributed by atoms with Crippen LogP contribution < -0.4 is 10.1 Å². The van der Waals surface area contributed by atoms with Crippen LogP contribution in [0.4, 0.5) is 0 Å². The SMILES string of the molecule is C#CCCC(NCC)c1ccc(OC)nn1. The third-order valence-electron chi connectivity index (χ3n) is 2.25. The Bertz CT molecular complexity index is 342. The Labute approximate surface area is 96.4 Å². The summed E-state index contributed by atoms with van der Waals surface area (Å²) < 4.78 is 4.96. The molecule has 1 aromatic heterocycles. The Hall–Kier alpha value is -1.60. The zero-order chi connectivity index (χ0) is 11.8. The Morgan fingerprint density at radius 1 is 1.50 bits per heavy atom. The minimum atomic E-state index is 0.166. The first-order valence-corrected chi connectivity index (χ1v) is 5.36. The molecule has 16 heavy (non-hydrogen) atoms. The summed E-state index contributed by atoms with van der Waals surface area (Å²) in [5, 5.41) is 11.4. The standard InChI is InChI=1S/C12H17N3O/c1-4-6-7-10(13-5-2)11-8-9-12(16-3)15-14-11/h1,8-10,13H,5-7H2,2-3H3. The number of nitrogens with one attached hydrogen (secondary N) is 1. The summed E-state index contributed by atoms with van der Waals surface area (Å²) >= 11 is 0. The van der Waals surface area contributed by atoms with Crippen molar-refractivity contribution < 1.29 is 4.74 Å². The van der Waals surface area contributed by atoms with E-state index >= 15 is 0 Å². The van der Waals surface area contributed by atoms with E-state index in [9.17, 15) is 0 Å². The van der Waals surface area contributed by atoms with Gasteiger partial charge >= 0.3 is 0 Å². The second-order valence-corrected chi connectivity index (χ2v) is 3.35. The third kappa shape index (κ3) is 3.52. The predicted molar refractivity (Wildman–Crippen MR) is 63.1 cm³/mol. The first-order valence-electron chi connectivity index (χ1n) is 5.36. The summed E-state index contributed by atoms with van der Waals surface area (Å²) in [6, 6.07) is 3.89. The molecule has 0 spiro atoms. The molecule has 0 bridgehead atoms. The Balaban J connectivity index is 2.71. The highest BCUT2D eigenvalue weighted by atomic mass is 16.5. The lowest BCUT2D eigenvalue weighted by Gasteiger charge is -2.15. The van der Waals surface area contributed by atoms with E-state index in [4.69, 9.17) is 11.2 Å². The summed E-state index contributed by atoms with van der Waals surface area (Å²) in [5.41, 5.74) is 0.901.